The number of rotatable bonds is 5. The highest BCUT2D eigenvalue weighted by Crippen LogP contribution is 2.39. The van der Waals surface area contributed by atoms with Crippen LogP contribution in [-0.2, 0) is 4.79 Å². The van der Waals surface area contributed by atoms with Crippen LogP contribution < -0.4 is 5.32 Å². The lowest BCUT2D eigenvalue weighted by atomic mass is 10.2. The zero-order valence-electron chi connectivity index (χ0n) is 14.0. The van der Waals surface area contributed by atoms with Gasteiger partial charge in [-0.2, -0.15) is 0 Å². The molecule has 1 saturated heterocycles. The SMILES string of the molecule is C=C(N[C@@H](C)C(=O)N1CCCC1)c1c[nH]c2ncc(C3CC3)nc12. The van der Waals surface area contributed by atoms with Crippen molar-refractivity contribution in [3.05, 3.63) is 30.2 Å². The number of hydrogen-bond acceptors (Lipinski definition) is 4. The molecule has 1 saturated carbocycles. The van der Waals surface area contributed by atoms with Gasteiger partial charge in [-0.05, 0) is 32.6 Å². The Kier molecular flexibility index (Phi) is 3.75. The van der Waals surface area contributed by atoms with Crippen LogP contribution in [0.1, 0.15) is 49.8 Å². The first-order valence-corrected chi connectivity index (χ1v) is 8.72. The Morgan fingerprint density at radius 3 is 2.88 bits per heavy atom. The Bertz CT molecular complexity index is 786. The standard InChI is InChI=1S/C18H23N5O/c1-11(21-12(2)18(24)23-7-3-4-8-23)14-9-19-17-16(14)22-15(10-20-17)13-5-6-13/h9-10,12-13,21H,1,3-8H2,2H3,(H,19,20)/t12-/m0/s1. The van der Waals surface area contributed by atoms with E-state index in [4.69, 9.17) is 4.98 Å². The summed E-state index contributed by atoms with van der Waals surface area (Å²) in [5.74, 6) is 0.694. The van der Waals surface area contributed by atoms with Crippen molar-refractivity contribution in [2.45, 2.75) is 44.6 Å². The fraction of sp³-hybridized carbons (Fsp3) is 0.500. The minimum absolute atomic E-state index is 0.137. The van der Waals surface area contributed by atoms with Gasteiger partial charge < -0.3 is 15.2 Å². The second-order valence-corrected chi connectivity index (χ2v) is 6.85. The summed E-state index contributed by atoms with van der Waals surface area (Å²) in [6.07, 6.45) is 8.31. The third-order valence-corrected chi connectivity index (χ3v) is 4.90. The van der Waals surface area contributed by atoms with Gasteiger partial charge in [-0.1, -0.05) is 6.58 Å². The lowest BCUT2D eigenvalue weighted by Gasteiger charge is -2.22. The Morgan fingerprint density at radius 1 is 1.42 bits per heavy atom. The molecule has 126 valence electrons. The molecular weight excluding hydrogens is 302 g/mol. The van der Waals surface area contributed by atoms with E-state index in [-0.39, 0.29) is 11.9 Å². The summed E-state index contributed by atoms with van der Waals surface area (Å²) >= 11 is 0. The van der Waals surface area contributed by atoms with E-state index in [0.717, 1.165) is 48.4 Å². The Hall–Kier alpha value is -2.37. The summed E-state index contributed by atoms with van der Waals surface area (Å²) in [6.45, 7) is 7.73. The van der Waals surface area contributed by atoms with Crippen molar-refractivity contribution in [2.75, 3.05) is 13.1 Å². The van der Waals surface area contributed by atoms with E-state index in [0.29, 0.717) is 11.6 Å². The molecule has 1 aliphatic carbocycles. The van der Waals surface area contributed by atoms with Crippen LogP contribution in [0.15, 0.2) is 19.0 Å². The number of likely N-dealkylation sites (tertiary alicyclic amines) is 1. The molecule has 4 rings (SSSR count). The van der Waals surface area contributed by atoms with Crippen molar-refractivity contribution >= 4 is 22.8 Å². The van der Waals surface area contributed by atoms with E-state index in [1.54, 1.807) is 0 Å². The second-order valence-electron chi connectivity index (χ2n) is 6.85. The maximum absolute atomic E-state index is 12.5. The highest BCUT2D eigenvalue weighted by molar-refractivity contribution is 5.89. The largest absolute Gasteiger partial charge is 0.374 e. The van der Waals surface area contributed by atoms with Crippen molar-refractivity contribution in [1.82, 2.24) is 25.2 Å². The van der Waals surface area contributed by atoms with Gasteiger partial charge in [-0.3, -0.25) is 4.79 Å². The van der Waals surface area contributed by atoms with Crippen LogP contribution in [0.3, 0.4) is 0 Å². The molecule has 2 N–H and O–H groups in total. The fourth-order valence-electron chi connectivity index (χ4n) is 3.32. The van der Waals surface area contributed by atoms with Gasteiger partial charge in [0.2, 0.25) is 5.91 Å². The van der Waals surface area contributed by atoms with Gasteiger partial charge in [0.25, 0.3) is 0 Å². The number of fused-ring (bicyclic) bond motifs is 1. The van der Waals surface area contributed by atoms with E-state index in [9.17, 15) is 4.79 Å². The molecule has 1 aliphatic heterocycles. The van der Waals surface area contributed by atoms with Crippen molar-refractivity contribution in [2.24, 2.45) is 0 Å². The summed E-state index contributed by atoms with van der Waals surface area (Å²) in [6, 6.07) is -0.292. The maximum atomic E-state index is 12.5. The van der Waals surface area contributed by atoms with Gasteiger partial charge in [0, 0.05) is 36.5 Å². The molecule has 0 aromatic carbocycles. The van der Waals surface area contributed by atoms with E-state index >= 15 is 0 Å². The molecule has 2 aliphatic rings. The van der Waals surface area contributed by atoms with E-state index < -0.39 is 0 Å². The molecule has 2 fully saturated rings. The van der Waals surface area contributed by atoms with Crippen LogP contribution in [0.4, 0.5) is 0 Å². The molecular formula is C18H23N5O. The Morgan fingerprint density at radius 2 is 2.17 bits per heavy atom. The van der Waals surface area contributed by atoms with Gasteiger partial charge in [-0.25, -0.2) is 9.97 Å². The number of nitrogens with zero attached hydrogens (tertiary/aromatic N) is 3. The number of amides is 1. The molecule has 0 unspecified atom stereocenters. The van der Waals surface area contributed by atoms with Gasteiger partial charge in [0.1, 0.15) is 11.6 Å². The summed E-state index contributed by atoms with van der Waals surface area (Å²) in [5.41, 5.74) is 4.25. The lowest BCUT2D eigenvalue weighted by Crippen LogP contribution is -2.42. The average molecular weight is 325 g/mol. The first kappa shape index (κ1) is 15.2. The molecule has 1 atom stereocenters. The first-order chi connectivity index (χ1) is 11.6. The zero-order chi connectivity index (χ0) is 16.7. The van der Waals surface area contributed by atoms with Crippen molar-refractivity contribution in [3.63, 3.8) is 0 Å². The second kappa shape index (κ2) is 5.92. The number of nitrogens with one attached hydrogen (secondary N) is 2. The minimum atomic E-state index is -0.292. The first-order valence-electron chi connectivity index (χ1n) is 8.72. The van der Waals surface area contributed by atoms with Crippen LogP contribution in [-0.4, -0.2) is 44.9 Å². The number of carbonyl (C=O) groups is 1. The van der Waals surface area contributed by atoms with Gasteiger partial charge in [0.15, 0.2) is 5.65 Å². The van der Waals surface area contributed by atoms with Gasteiger partial charge in [0.05, 0.1) is 11.9 Å². The predicted molar refractivity (Wildman–Crippen MR) is 93.3 cm³/mol. The van der Waals surface area contributed by atoms with Crippen LogP contribution >= 0.6 is 0 Å². The Balaban J connectivity index is 1.52. The van der Waals surface area contributed by atoms with Crippen LogP contribution in [0.25, 0.3) is 16.9 Å². The smallest absolute Gasteiger partial charge is 0.244 e. The quantitative estimate of drug-likeness (QED) is 0.885. The summed E-state index contributed by atoms with van der Waals surface area (Å²) in [4.78, 5) is 26.7. The number of aromatic nitrogens is 3. The third-order valence-electron chi connectivity index (χ3n) is 4.90. The van der Waals surface area contributed by atoms with E-state index in [1.807, 2.05) is 24.2 Å². The summed E-state index contributed by atoms with van der Waals surface area (Å²) in [7, 11) is 0. The van der Waals surface area contributed by atoms with Gasteiger partial charge >= 0.3 is 0 Å². The number of aromatic amines is 1. The van der Waals surface area contributed by atoms with Gasteiger partial charge in [-0.15, -0.1) is 0 Å². The van der Waals surface area contributed by atoms with E-state index in [1.165, 1.54) is 12.8 Å². The van der Waals surface area contributed by atoms with Crippen molar-refractivity contribution < 1.29 is 4.79 Å². The fourth-order valence-corrected chi connectivity index (χ4v) is 3.32. The Labute approximate surface area is 141 Å². The third kappa shape index (κ3) is 2.77. The maximum Gasteiger partial charge on any atom is 0.244 e. The highest BCUT2D eigenvalue weighted by Gasteiger charge is 2.27. The van der Waals surface area contributed by atoms with Crippen LogP contribution in [0.2, 0.25) is 0 Å². The summed E-state index contributed by atoms with van der Waals surface area (Å²) < 4.78 is 0. The predicted octanol–water partition coefficient (Wildman–Crippen LogP) is 2.41. The van der Waals surface area contributed by atoms with Crippen molar-refractivity contribution in [3.8, 4) is 0 Å². The molecule has 1 amide bonds. The normalized spacial score (nSPS) is 18.8. The number of H-pyrrole nitrogens is 1. The molecule has 2 aromatic rings. The molecule has 0 spiro atoms. The topological polar surface area (TPSA) is 73.9 Å². The number of carbonyl (C=O) groups excluding carboxylic acids is 1. The molecule has 0 bridgehead atoms. The monoisotopic (exact) mass is 325 g/mol. The molecule has 24 heavy (non-hydrogen) atoms. The van der Waals surface area contributed by atoms with Crippen LogP contribution in [0.5, 0.6) is 0 Å². The lowest BCUT2D eigenvalue weighted by molar-refractivity contribution is -0.131. The molecule has 2 aromatic heterocycles. The molecule has 6 nitrogen and oxygen atoms in total. The molecule has 6 heteroatoms. The molecule has 0 radical (unpaired) electrons. The summed E-state index contributed by atoms with van der Waals surface area (Å²) in [5, 5.41) is 3.24. The van der Waals surface area contributed by atoms with E-state index in [2.05, 4.69) is 21.9 Å². The number of hydrogen-bond donors (Lipinski definition) is 2. The average Bonchev–Trinajstić information content (AvgIpc) is 3.12. The molecule has 3 heterocycles. The highest BCUT2D eigenvalue weighted by atomic mass is 16.2. The van der Waals surface area contributed by atoms with Crippen LogP contribution in [0, 0.1) is 0 Å². The van der Waals surface area contributed by atoms with Crippen molar-refractivity contribution in [1.29, 1.82) is 0 Å². The zero-order valence-corrected chi connectivity index (χ0v) is 14.0. The minimum Gasteiger partial charge on any atom is -0.374 e.